The summed E-state index contributed by atoms with van der Waals surface area (Å²) in [5.74, 6) is -0.218. The van der Waals surface area contributed by atoms with Gasteiger partial charge >= 0.3 is 5.97 Å². The van der Waals surface area contributed by atoms with Crippen molar-refractivity contribution in [2.24, 2.45) is 0 Å². The van der Waals surface area contributed by atoms with Crippen LogP contribution in [0.4, 0.5) is 0 Å². The van der Waals surface area contributed by atoms with Crippen LogP contribution < -0.4 is 5.32 Å². The minimum absolute atomic E-state index is 0.127. The Hall–Kier alpha value is -0.870. The van der Waals surface area contributed by atoms with Gasteiger partial charge in [0.2, 0.25) is 0 Å². The van der Waals surface area contributed by atoms with Crippen molar-refractivity contribution in [1.82, 2.24) is 5.32 Å². The summed E-state index contributed by atoms with van der Waals surface area (Å²) in [4.78, 5) is 11.2. The summed E-state index contributed by atoms with van der Waals surface area (Å²) in [5.41, 5.74) is 1.14. The number of rotatable bonds is 5. The molecule has 0 aromatic heterocycles. The Morgan fingerprint density at radius 1 is 1.56 bits per heavy atom. The molecule has 0 aliphatic heterocycles. The van der Waals surface area contributed by atoms with Gasteiger partial charge in [0.15, 0.2) is 0 Å². The highest BCUT2D eigenvalue weighted by molar-refractivity contribution is 9.10. The van der Waals surface area contributed by atoms with Gasteiger partial charge in [0, 0.05) is 10.5 Å². The van der Waals surface area contributed by atoms with Crippen LogP contribution in [-0.4, -0.2) is 19.1 Å². The molecule has 1 aromatic carbocycles. The molecule has 0 heterocycles. The van der Waals surface area contributed by atoms with Crippen LogP contribution in [0.5, 0.6) is 0 Å². The number of hydrogen-bond acceptors (Lipinski definition) is 3. The van der Waals surface area contributed by atoms with E-state index in [0.29, 0.717) is 6.61 Å². The molecule has 0 amide bonds. The summed E-state index contributed by atoms with van der Waals surface area (Å²) in [6.45, 7) is 4.48. The van der Waals surface area contributed by atoms with Crippen LogP contribution in [0.1, 0.15) is 25.5 Å². The number of hydrogen-bond donors (Lipinski definition) is 1. The van der Waals surface area contributed by atoms with Crippen LogP contribution in [-0.2, 0) is 9.53 Å². The fourth-order valence-corrected chi connectivity index (χ4v) is 1.76. The Kier molecular flexibility index (Phi) is 5.49. The number of ether oxygens (including phenoxy) is 1. The van der Waals surface area contributed by atoms with Gasteiger partial charge < -0.3 is 10.1 Å². The van der Waals surface area contributed by atoms with Crippen molar-refractivity contribution in [3.8, 4) is 0 Å². The molecular weight excluding hydrogens is 270 g/mol. The lowest BCUT2D eigenvalue weighted by molar-refractivity contribution is -0.142. The maximum absolute atomic E-state index is 11.2. The SMILES string of the molecule is CCOC(=O)CNC(C)c1cccc(Br)c1. The summed E-state index contributed by atoms with van der Waals surface area (Å²) in [5, 5.41) is 3.12. The van der Waals surface area contributed by atoms with Gasteiger partial charge in [-0.1, -0.05) is 28.1 Å². The average molecular weight is 286 g/mol. The number of carbonyl (C=O) groups excluding carboxylic acids is 1. The minimum Gasteiger partial charge on any atom is -0.465 e. The molecule has 1 unspecified atom stereocenters. The smallest absolute Gasteiger partial charge is 0.319 e. The number of carbonyl (C=O) groups is 1. The van der Waals surface area contributed by atoms with Crippen LogP contribution in [0.3, 0.4) is 0 Å². The molecule has 0 radical (unpaired) electrons. The molecule has 16 heavy (non-hydrogen) atoms. The summed E-state index contributed by atoms with van der Waals surface area (Å²) < 4.78 is 5.88. The number of halogens is 1. The van der Waals surface area contributed by atoms with Crippen molar-refractivity contribution >= 4 is 21.9 Å². The van der Waals surface area contributed by atoms with Crippen LogP contribution in [0.2, 0.25) is 0 Å². The van der Waals surface area contributed by atoms with E-state index in [0.717, 1.165) is 10.0 Å². The molecule has 3 nitrogen and oxygen atoms in total. The summed E-state index contributed by atoms with van der Waals surface area (Å²) in [7, 11) is 0. The van der Waals surface area contributed by atoms with E-state index in [1.54, 1.807) is 6.92 Å². The second-order valence-electron chi connectivity index (χ2n) is 3.46. The summed E-state index contributed by atoms with van der Waals surface area (Å²) in [6, 6.07) is 8.13. The van der Waals surface area contributed by atoms with Gasteiger partial charge in [0.1, 0.15) is 0 Å². The molecule has 0 saturated carbocycles. The van der Waals surface area contributed by atoms with Crippen molar-refractivity contribution in [2.75, 3.05) is 13.2 Å². The Labute approximate surface area is 104 Å². The highest BCUT2D eigenvalue weighted by Crippen LogP contribution is 2.17. The maximum atomic E-state index is 11.2. The predicted octanol–water partition coefficient (Wildman–Crippen LogP) is 2.66. The number of esters is 1. The molecule has 0 saturated heterocycles. The highest BCUT2D eigenvalue weighted by atomic mass is 79.9. The molecule has 1 aromatic rings. The Morgan fingerprint density at radius 2 is 2.31 bits per heavy atom. The van der Waals surface area contributed by atoms with Crippen LogP contribution in [0.25, 0.3) is 0 Å². The first kappa shape index (κ1) is 13.2. The van der Waals surface area contributed by atoms with E-state index >= 15 is 0 Å². The first-order valence-corrected chi connectivity index (χ1v) is 6.07. The van der Waals surface area contributed by atoms with Gasteiger partial charge in [0.25, 0.3) is 0 Å². The first-order chi connectivity index (χ1) is 7.63. The zero-order chi connectivity index (χ0) is 12.0. The van der Waals surface area contributed by atoms with Crippen molar-refractivity contribution in [1.29, 1.82) is 0 Å². The molecular formula is C12H16BrNO2. The minimum atomic E-state index is -0.218. The summed E-state index contributed by atoms with van der Waals surface area (Å²) >= 11 is 3.42. The molecule has 0 spiro atoms. The van der Waals surface area contributed by atoms with Crippen molar-refractivity contribution in [2.45, 2.75) is 19.9 Å². The van der Waals surface area contributed by atoms with Crippen molar-refractivity contribution in [3.63, 3.8) is 0 Å². The van der Waals surface area contributed by atoms with Gasteiger partial charge in [-0.3, -0.25) is 4.79 Å². The van der Waals surface area contributed by atoms with Crippen LogP contribution >= 0.6 is 15.9 Å². The Bertz CT molecular complexity index is 355. The molecule has 0 aliphatic rings. The van der Waals surface area contributed by atoms with Gasteiger partial charge in [-0.05, 0) is 31.5 Å². The van der Waals surface area contributed by atoms with E-state index in [4.69, 9.17) is 4.74 Å². The highest BCUT2D eigenvalue weighted by Gasteiger charge is 2.07. The van der Waals surface area contributed by atoms with Crippen molar-refractivity contribution in [3.05, 3.63) is 34.3 Å². The van der Waals surface area contributed by atoms with Crippen LogP contribution in [0.15, 0.2) is 28.7 Å². The van der Waals surface area contributed by atoms with E-state index in [1.165, 1.54) is 0 Å². The van der Waals surface area contributed by atoms with Crippen LogP contribution in [0, 0.1) is 0 Å². The predicted molar refractivity (Wildman–Crippen MR) is 67.2 cm³/mol. The second kappa shape index (κ2) is 6.66. The summed E-state index contributed by atoms with van der Waals surface area (Å²) in [6.07, 6.45) is 0. The lowest BCUT2D eigenvalue weighted by Gasteiger charge is -2.13. The van der Waals surface area contributed by atoms with Crippen molar-refractivity contribution < 1.29 is 9.53 Å². The number of nitrogens with one attached hydrogen (secondary N) is 1. The number of benzene rings is 1. The molecule has 0 aliphatic carbocycles. The van der Waals surface area contributed by atoms with Gasteiger partial charge in [-0.2, -0.15) is 0 Å². The average Bonchev–Trinajstić information content (AvgIpc) is 2.26. The van der Waals surface area contributed by atoms with Gasteiger partial charge in [0.05, 0.1) is 13.2 Å². The topological polar surface area (TPSA) is 38.3 Å². The van der Waals surface area contributed by atoms with E-state index < -0.39 is 0 Å². The van der Waals surface area contributed by atoms with E-state index in [2.05, 4.69) is 21.2 Å². The van der Waals surface area contributed by atoms with E-state index in [9.17, 15) is 4.79 Å². The molecule has 1 atom stereocenters. The third kappa shape index (κ3) is 4.33. The quantitative estimate of drug-likeness (QED) is 0.846. The van der Waals surface area contributed by atoms with E-state index in [-0.39, 0.29) is 18.6 Å². The Balaban J connectivity index is 2.46. The van der Waals surface area contributed by atoms with Gasteiger partial charge in [-0.15, -0.1) is 0 Å². The molecule has 1 rings (SSSR count). The lowest BCUT2D eigenvalue weighted by atomic mass is 10.1. The molecule has 1 N–H and O–H groups in total. The molecule has 0 fully saturated rings. The largest absolute Gasteiger partial charge is 0.465 e. The molecule has 4 heteroatoms. The third-order valence-corrected chi connectivity index (χ3v) is 2.70. The standard InChI is InChI=1S/C12H16BrNO2/c1-3-16-12(15)8-14-9(2)10-5-4-6-11(13)7-10/h4-7,9,14H,3,8H2,1-2H3. The second-order valence-corrected chi connectivity index (χ2v) is 4.38. The Morgan fingerprint density at radius 3 is 2.94 bits per heavy atom. The van der Waals surface area contributed by atoms with Gasteiger partial charge in [-0.25, -0.2) is 0 Å². The first-order valence-electron chi connectivity index (χ1n) is 5.28. The lowest BCUT2D eigenvalue weighted by Crippen LogP contribution is -2.27. The zero-order valence-electron chi connectivity index (χ0n) is 9.50. The third-order valence-electron chi connectivity index (χ3n) is 2.21. The zero-order valence-corrected chi connectivity index (χ0v) is 11.1. The normalized spacial score (nSPS) is 12.2. The fourth-order valence-electron chi connectivity index (χ4n) is 1.34. The molecule has 88 valence electrons. The fraction of sp³-hybridized carbons (Fsp3) is 0.417. The van der Waals surface area contributed by atoms with E-state index in [1.807, 2.05) is 31.2 Å². The monoisotopic (exact) mass is 285 g/mol. The maximum Gasteiger partial charge on any atom is 0.319 e. The molecule has 0 bridgehead atoms.